The van der Waals surface area contributed by atoms with Gasteiger partial charge in [0.1, 0.15) is 12.2 Å². The third kappa shape index (κ3) is 3.68. The number of rotatable bonds is 6. The maximum atomic E-state index is 11.7. The van der Waals surface area contributed by atoms with Crippen molar-refractivity contribution in [2.45, 2.75) is 39.7 Å². The topological polar surface area (TPSA) is 68.0 Å². The lowest BCUT2D eigenvalue weighted by molar-refractivity contribution is -0.138. The molecule has 0 spiro atoms. The molecule has 5 heteroatoms. The van der Waals surface area contributed by atoms with Gasteiger partial charge < -0.3 is 5.11 Å². The predicted molar refractivity (Wildman–Crippen MR) is 80.1 cm³/mol. The summed E-state index contributed by atoms with van der Waals surface area (Å²) in [7, 11) is 0. The SMILES string of the molecule is Cc1ccccc1C(Cc1ncnn1CC(C)C)C(=O)O. The van der Waals surface area contributed by atoms with Crippen LogP contribution in [0.25, 0.3) is 0 Å². The molecule has 1 N–H and O–H groups in total. The van der Waals surface area contributed by atoms with E-state index in [1.54, 1.807) is 4.68 Å². The van der Waals surface area contributed by atoms with Crippen LogP contribution in [-0.2, 0) is 17.8 Å². The number of carboxylic acid groups (broad SMARTS) is 1. The van der Waals surface area contributed by atoms with Crippen LogP contribution >= 0.6 is 0 Å². The molecule has 112 valence electrons. The Morgan fingerprint density at radius 2 is 2.05 bits per heavy atom. The Balaban J connectivity index is 2.28. The third-order valence-corrected chi connectivity index (χ3v) is 3.48. The minimum atomic E-state index is -0.830. The Labute approximate surface area is 124 Å². The highest BCUT2D eigenvalue weighted by Crippen LogP contribution is 2.23. The molecule has 1 heterocycles. The summed E-state index contributed by atoms with van der Waals surface area (Å²) in [5, 5.41) is 13.8. The average Bonchev–Trinajstić information content (AvgIpc) is 2.83. The molecule has 0 aliphatic carbocycles. The number of hydrogen-bond acceptors (Lipinski definition) is 3. The van der Waals surface area contributed by atoms with Crippen molar-refractivity contribution >= 4 is 5.97 Å². The summed E-state index contributed by atoms with van der Waals surface area (Å²) in [6.45, 7) is 6.88. The number of hydrogen-bond donors (Lipinski definition) is 1. The predicted octanol–water partition coefficient (Wildman–Crippen LogP) is 2.65. The second kappa shape index (κ2) is 6.52. The maximum absolute atomic E-state index is 11.7. The van der Waals surface area contributed by atoms with Crippen molar-refractivity contribution in [3.05, 3.63) is 47.5 Å². The number of carbonyl (C=O) groups is 1. The lowest BCUT2D eigenvalue weighted by Gasteiger charge is -2.16. The van der Waals surface area contributed by atoms with Crippen molar-refractivity contribution in [1.82, 2.24) is 14.8 Å². The molecule has 0 amide bonds. The summed E-state index contributed by atoms with van der Waals surface area (Å²) in [5.41, 5.74) is 1.82. The summed E-state index contributed by atoms with van der Waals surface area (Å²) in [4.78, 5) is 15.9. The lowest BCUT2D eigenvalue weighted by Crippen LogP contribution is -2.19. The van der Waals surface area contributed by atoms with E-state index in [-0.39, 0.29) is 0 Å². The molecule has 1 unspecified atom stereocenters. The zero-order valence-electron chi connectivity index (χ0n) is 12.7. The fourth-order valence-corrected chi connectivity index (χ4v) is 2.44. The third-order valence-electron chi connectivity index (χ3n) is 3.48. The summed E-state index contributed by atoms with van der Waals surface area (Å²) >= 11 is 0. The van der Waals surface area contributed by atoms with E-state index in [9.17, 15) is 9.90 Å². The van der Waals surface area contributed by atoms with Crippen LogP contribution in [-0.4, -0.2) is 25.8 Å². The molecule has 2 aromatic rings. The molecule has 0 saturated carbocycles. The van der Waals surface area contributed by atoms with E-state index in [1.807, 2.05) is 31.2 Å². The van der Waals surface area contributed by atoms with Gasteiger partial charge in [0.05, 0.1) is 5.92 Å². The quantitative estimate of drug-likeness (QED) is 0.887. The minimum absolute atomic E-state index is 0.354. The van der Waals surface area contributed by atoms with Gasteiger partial charge in [0.25, 0.3) is 0 Å². The fourth-order valence-electron chi connectivity index (χ4n) is 2.44. The van der Waals surface area contributed by atoms with Crippen LogP contribution in [0.15, 0.2) is 30.6 Å². The van der Waals surface area contributed by atoms with E-state index in [0.29, 0.717) is 12.3 Å². The first kappa shape index (κ1) is 15.2. The highest BCUT2D eigenvalue weighted by molar-refractivity contribution is 5.76. The Bertz CT molecular complexity index is 619. The van der Waals surface area contributed by atoms with Gasteiger partial charge in [-0.05, 0) is 24.0 Å². The summed E-state index contributed by atoms with van der Waals surface area (Å²) in [6, 6.07) is 7.59. The van der Waals surface area contributed by atoms with Gasteiger partial charge in [0.15, 0.2) is 0 Å². The van der Waals surface area contributed by atoms with Gasteiger partial charge in [-0.2, -0.15) is 5.10 Å². The van der Waals surface area contributed by atoms with E-state index in [2.05, 4.69) is 23.9 Å². The molecule has 2 rings (SSSR count). The molecule has 5 nitrogen and oxygen atoms in total. The largest absolute Gasteiger partial charge is 0.481 e. The molecule has 1 aromatic carbocycles. The first-order valence-corrected chi connectivity index (χ1v) is 7.14. The number of aryl methyl sites for hydroxylation is 1. The molecule has 0 aliphatic rings. The Morgan fingerprint density at radius 3 is 2.67 bits per heavy atom. The Kier molecular flexibility index (Phi) is 4.73. The first-order chi connectivity index (χ1) is 9.99. The highest BCUT2D eigenvalue weighted by atomic mass is 16.4. The second-order valence-electron chi connectivity index (χ2n) is 5.70. The molecule has 1 atom stereocenters. The monoisotopic (exact) mass is 287 g/mol. The van der Waals surface area contributed by atoms with Crippen LogP contribution in [0.4, 0.5) is 0 Å². The van der Waals surface area contributed by atoms with E-state index >= 15 is 0 Å². The zero-order valence-corrected chi connectivity index (χ0v) is 12.7. The van der Waals surface area contributed by atoms with E-state index in [1.165, 1.54) is 6.33 Å². The molecule has 0 fully saturated rings. The van der Waals surface area contributed by atoms with Gasteiger partial charge in [-0.1, -0.05) is 38.1 Å². The molecular weight excluding hydrogens is 266 g/mol. The van der Waals surface area contributed by atoms with Crippen LogP contribution in [0.5, 0.6) is 0 Å². The van der Waals surface area contributed by atoms with E-state index < -0.39 is 11.9 Å². The van der Waals surface area contributed by atoms with Gasteiger partial charge in [-0.3, -0.25) is 4.79 Å². The lowest BCUT2D eigenvalue weighted by atomic mass is 9.92. The summed E-state index contributed by atoms with van der Waals surface area (Å²) in [6.07, 6.45) is 1.85. The molecule has 0 bridgehead atoms. The number of carboxylic acids is 1. The fraction of sp³-hybridized carbons (Fsp3) is 0.438. The molecule has 1 aromatic heterocycles. The van der Waals surface area contributed by atoms with E-state index in [4.69, 9.17) is 0 Å². The number of aliphatic carboxylic acids is 1. The van der Waals surface area contributed by atoms with Crippen molar-refractivity contribution in [3.63, 3.8) is 0 Å². The number of nitrogens with zero attached hydrogens (tertiary/aromatic N) is 3. The highest BCUT2D eigenvalue weighted by Gasteiger charge is 2.24. The van der Waals surface area contributed by atoms with Crippen molar-refractivity contribution in [2.24, 2.45) is 5.92 Å². The minimum Gasteiger partial charge on any atom is -0.481 e. The normalized spacial score (nSPS) is 12.6. The summed E-state index contributed by atoms with van der Waals surface area (Å²) in [5.74, 6) is -0.267. The number of benzene rings is 1. The standard InChI is InChI=1S/C16H21N3O2/c1-11(2)9-19-15(17-10-18-19)8-14(16(20)21)13-7-5-4-6-12(13)3/h4-7,10-11,14H,8-9H2,1-3H3,(H,20,21). The van der Waals surface area contributed by atoms with Gasteiger partial charge >= 0.3 is 5.97 Å². The molecular formula is C16H21N3O2. The van der Waals surface area contributed by atoms with Crippen molar-refractivity contribution in [1.29, 1.82) is 0 Å². The zero-order chi connectivity index (χ0) is 15.4. The van der Waals surface area contributed by atoms with Crippen LogP contribution in [0.3, 0.4) is 0 Å². The first-order valence-electron chi connectivity index (χ1n) is 7.14. The average molecular weight is 287 g/mol. The molecule has 0 saturated heterocycles. The van der Waals surface area contributed by atoms with Crippen LogP contribution in [0, 0.1) is 12.8 Å². The van der Waals surface area contributed by atoms with Crippen molar-refractivity contribution in [3.8, 4) is 0 Å². The smallest absolute Gasteiger partial charge is 0.311 e. The Hall–Kier alpha value is -2.17. The molecule has 0 radical (unpaired) electrons. The van der Waals surface area contributed by atoms with Crippen LogP contribution < -0.4 is 0 Å². The second-order valence-corrected chi connectivity index (χ2v) is 5.70. The number of aromatic nitrogens is 3. The maximum Gasteiger partial charge on any atom is 0.311 e. The van der Waals surface area contributed by atoms with Gasteiger partial charge in [0.2, 0.25) is 0 Å². The van der Waals surface area contributed by atoms with Gasteiger partial charge in [-0.15, -0.1) is 0 Å². The van der Waals surface area contributed by atoms with Gasteiger partial charge in [-0.25, -0.2) is 9.67 Å². The van der Waals surface area contributed by atoms with Crippen LogP contribution in [0.2, 0.25) is 0 Å². The van der Waals surface area contributed by atoms with Crippen molar-refractivity contribution in [2.75, 3.05) is 0 Å². The summed E-state index contributed by atoms with van der Waals surface area (Å²) < 4.78 is 1.80. The molecule has 0 aliphatic heterocycles. The molecule has 21 heavy (non-hydrogen) atoms. The van der Waals surface area contributed by atoms with E-state index in [0.717, 1.165) is 23.5 Å². The Morgan fingerprint density at radius 1 is 1.33 bits per heavy atom. The van der Waals surface area contributed by atoms with Gasteiger partial charge in [0, 0.05) is 13.0 Å². The van der Waals surface area contributed by atoms with Crippen LogP contribution in [0.1, 0.15) is 36.7 Å². The van der Waals surface area contributed by atoms with Crippen molar-refractivity contribution < 1.29 is 9.90 Å².